The van der Waals surface area contributed by atoms with Crippen LogP contribution in [0.2, 0.25) is 0 Å². The van der Waals surface area contributed by atoms with Crippen molar-refractivity contribution < 1.29 is 4.42 Å². The summed E-state index contributed by atoms with van der Waals surface area (Å²) in [5, 5.41) is 0. The van der Waals surface area contributed by atoms with Gasteiger partial charge in [-0.05, 0) is 58.7 Å². The molecule has 0 fully saturated rings. The summed E-state index contributed by atoms with van der Waals surface area (Å²) in [6, 6.07) is 11.9. The molecule has 1 heterocycles. The molecule has 0 aliphatic rings. The number of aromatic nitrogens is 1. The van der Waals surface area contributed by atoms with Crippen LogP contribution >= 0.6 is 31.9 Å². The van der Waals surface area contributed by atoms with E-state index in [1.165, 1.54) is 5.56 Å². The van der Waals surface area contributed by atoms with Gasteiger partial charge in [-0.3, -0.25) is 0 Å². The van der Waals surface area contributed by atoms with Crippen LogP contribution in [-0.2, 0) is 0 Å². The number of oxazole rings is 1. The van der Waals surface area contributed by atoms with Crippen LogP contribution in [0.3, 0.4) is 0 Å². The van der Waals surface area contributed by atoms with Gasteiger partial charge in [0.25, 0.3) is 0 Å². The first-order chi connectivity index (χ1) is 8.63. The predicted octanol–water partition coefficient (Wildman–Crippen LogP) is 5.33. The number of benzene rings is 2. The van der Waals surface area contributed by atoms with Crippen molar-refractivity contribution in [3.05, 3.63) is 50.9 Å². The summed E-state index contributed by atoms with van der Waals surface area (Å²) < 4.78 is 7.75. The number of rotatable bonds is 1. The molecule has 0 radical (unpaired) electrons. The highest BCUT2D eigenvalue weighted by atomic mass is 79.9. The van der Waals surface area contributed by atoms with Gasteiger partial charge in [-0.15, -0.1) is 0 Å². The number of fused-ring (bicyclic) bond motifs is 1. The monoisotopic (exact) mass is 365 g/mol. The standard InChI is InChI=1S/C14H9Br2NO/c1-8-2-5-13-12(6-8)17-14(18-13)10-4-3-9(15)7-11(10)16/h2-7H,1H3. The third-order valence-electron chi connectivity index (χ3n) is 2.70. The van der Waals surface area contributed by atoms with Crippen molar-refractivity contribution in [2.45, 2.75) is 6.92 Å². The molecule has 90 valence electrons. The van der Waals surface area contributed by atoms with E-state index in [1.807, 2.05) is 43.3 Å². The maximum atomic E-state index is 5.77. The van der Waals surface area contributed by atoms with Gasteiger partial charge >= 0.3 is 0 Å². The van der Waals surface area contributed by atoms with E-state index < -0.39 is 0 Å². The van der Waals surface area contributed by atoms with Crippen LogP contribution in [0.1, 0.15) is 5.56 Å². The lowest BCUT2D eigenvalue weighted by Gasteiger charge is -1.99. The quantitative estimate of drug-likeness (QED) is 0.581. The van der Waals surface area contributed by atoms with Gasteiger partial charge in [0.05, 0.1) is 5.56 Å². The number of hydrogen-bond donors (Lipinski definition) is 0. The summed E-state index contributed by atoms with van der Waals surface area (Å²) in [7, 11) is 0. The Morgan fingerprint density at radius 2 is 1.89 bits per heavy atom. The van der Waals surface area contributed by atoms with Gasteiger partial charge in [-0.2, -0.15) is 0 Å². The lowest BCUT2D eigenvalue weighted by molar-refractivity contribution is 0.619. The average molecular weight is 367 g/mol. The summed E-state index contributed by atoms with van der Waals surface area (Å²) in [4.78, 5) is 4.52. The van der Waals surface area contributed by atoms with Crippen molar-refractivity contribution in [3.8, 4) is 11.5 Å². The van der Waals surface area contributed by atoms with Gasteiger partial charge in [0.1, 0.15) is 5.52 Å². The first-order valence-electron chi connectivity index (χ1n) is 5.46. The van der Waals surface area contributed by atoms with Crippen molar-refractivity contribution in [2.75, 3.05) is 0 Å². The highest BCUT2D eigenvalue weighted by molar-refractivity contribution is 9.11. The molecule has 0 amide bonds. The zero-order chi connectivity index (χ0) is 12.7. The van der Waals surface area contributed by atoms with E-state index in [9.17, 15) is 0 Å². The van der Waals surface area contributed by atoms with Gasteiger partial charge in [0, 0.05) is 8.95 Å². The van der Waals surface area contributed by atoms with E-state index in [0.717, 1.165) is 25.6 Å². The molecule has 2 aromatic carbocycles. The second kappa shape index (κ2) is 4.52. The largest absolute Gasteiger partial charge is 0.436 e. The lowest BCUT2D eigenvalue weighted by Crippen LogP contribution is -1.79. The molecule has 2 nitrogen and oxygen atoms in total. The first-order valence-corrected chi connectivity index (χ1v) is 7.05. The van der Waals surface area contributed by atoms with Gasteiger partial charge in [-0.1, -0.05) is 22.0 Å². The van der Waals surface area contributed by atoms with Crippen LogP contribution in [0.4, 0.5) is 0 Å². The molecule has 0 atom stereocenters. The molecule has 1 aromatic heterocycles. The second-order valence-electron chi connectivity index (χ2n) is 4.11. The Balaban J connectivity index is 2.19. The van der Waals surface area contributed by atoms with E-state index in [-0.39, 0.29) is 0 Å². The molecule has 0 unspecified atom stereocenters. The van der Waals surface area contributed by atoms with Crippen LogP contribution in [0.5, 0.6) is 0 Å². The lowest BCUT2D eigenvalue weighted by atomic mass is 10.2. The van der Waals surface area contributed by atoms with Gasteiger partial charge in [-0.25, -0.2) is 4.98 Å². The van der Waals surface area contributed by atoms with Crippen LogP contribution < -0.4 is 0 Å². The minimum atomic E-state index is 0.634. The van der Waals surface area contributed by atoms with E-state index in [0.29, 0.717) is 5.89 Å². The number of aryl methyl sites for hydroxylation is 1. The topological polar surface area (TPSA) is 26.0 Å². The molecule has 3 aromatic rings. The molecule has 0 spiro atoms. The van der Waals surface area contributed by atoms with Crippen LogP contribution in [0, 0.1) is 6.92 Å². The third kappa shape index (κ3) is 2.10. The summed E-state index contributed by atoms with van der Waals surface area (Å²) in [6.07, 6.45) is 0. The maximum Gasteiger partial charge on any atom is 0.228 e. The van der Waals surface area contributed by atoms with E-state index in [4.69, 9.17) is 4.42 Å². The first kappa shape index (κ1) is 11.9. The molecule has 0 saturated heterocycles. The molecule has 0 saturated carbocycles. The second-order valence-corrected chi connectivity index (χ2v) is 5.88. The Labute approximate surface area is 121 Å². The fourth-order valence-corrected chi connectivity index (χ4v) is 3.03. The minimum Gasteiger partial charge on any atom is -0.436 e. The normalized spacial score (nSPS) is 11.1. The summed E-state index contributed by atoms with van der Waals surface area (Å²) in [5.41, 5.74) is 3.83. The van der Waals surface area contributed by atoms with Crippen molar-refractivity contribution in [1.29, 1.82) is 0 Å². The van der Waals surface area contributed by atoms with Crippen molar-refractivity contribution >= 4 is 43.0 Å². The molecule has 0 aliphatic heterocycles. The number of nitrogens with zero attached hydrogens (tertiary/aromatic N) is 1. The molecule has 3 rings (SSSR count). The smallest absolute Gasteiger partial charge is 0.228 e. The van der Waals surface area contributed by atoms with Gasteiger partial charge < -0.3 is 4.42 Å². The van der Waals surface area contributed by atoms with Crippen LogP contribution in [0.25, 0.3) is 22.6 Å². The summed E-state index contributed by atoms with van der Waals surface area (Å²) in [5.74, 6) is 0.634. The highest BCUT2D eigenvalue weighted by Gasteiger charge is 2.11. The summed E-state index contributed by atoms with van der Waals surface area (Å²) >= 11 is 6.96. The highest BCUT2D eigenvalue weighted by Crippen LogP contribution is 2.32. The Bertz CT molecular complexity index is 734. The van der Waals surface area contributed by atoms with E-state index in [2.05, 4.69) is 36.8 Å². The molecule has 0 N–H and O–H groups in total. The van der Waals surface area contributed by atoms with Crippen molar-refractivity contribution in [2.24, 2.45) is 0 Å². The molecule has 0 bridgehead atoms. The van der Waals surface area contributed by atoms with Gasteiger partial charge in [0.2, 0.25) is 5.89 Å². The minimum absolute atomic E-state index is 0.634. The molecular formula is C14H9Br2NO. The average Bonchev–Trinajstić information content (AvgIpc) is 2.71. The van der Waals surface area contributed by atoms with E-state index >= 15 is 0 Å². The number of hydrogen-bond acceptors (Lipinski definition) is 2. The molecular weight excluding hydrogens is 358 g/mol. The molecule has 18 heavy (non-hydrogen) atoms. The Kier molecular flexibility index (Phi) is 2.99. The van der Waals surface area contributed by atoms with Gasteiger partial charge in [0.15, 0.2) is 5.58 Å². The Hall–Kier alpha value is -1.13. The Morgan fingerprint density at radius 3 is 2.67 bits per heavy atom. The fourth-order valence-electron chi connectivity index (χ4n) is 1.82. The van der Waals surface area contributed by atoms with Crippen LogP contribution in [0.15, 0.2) is 49.8 Å². The third-order valence-corrected chi connectivity index (χ3v) is 3.85. The zero-order valence-corrected chi connectivity index (χ0v) is 12.7. The van der Waals surface area contributed by atoms with E-state index in [1.54, 1.807) is 0 Å². The van der Waals surface area contributed by atoms with Crippen molar-refractivity contribution in [1.82, 2.24) is 4.98 Å². The Morgan fingerprint density at radius 1 is 1.06 bits per heavy atom. The summed E-state index contributed by atoms with van der Waals surface area (Å²) in [6.45, 7) is 2.04. The molecule has 0 aliphatic carbocycles. The maximum absolute atomic E-state index is 5.77. The number of halogens is 2. The van der Waals surface area contributed by atoms with Crippen LogP contribution in [-0.4, -0.2) is 4.98 Å². The molecule has 4 heteroatoms. The SMILES string of the molecule is Cc1ccc2oc(-c3ccc(Br)cc3Br)nc2c1. The fraction of sp³-hybridized carbons (Fsp3) is 0.0714. The predicted molar refractivity (Wildman–Crippen MR) is 79.6 cm³/mol. The zero-order valence-electron chi connectivity index (χ0n) is 9.58. The van der Waals surface area contributed by atoms with Crippen molar-refractivity contribution in [3.63, 3.8) is 0 Å².